The van der Waals surface area contributed by atoms with E-state index in [0.29, 0.717) is 26.1 Å². The summed E-state index contributed by atoms with van der Waals surface area (Å²) in [5.74, 6) is 0.165. The topological polar surface area (TPSA) is 35.5 Å². The van der Waals surface area contributed by atoms with Gasteiger partial charge in [-0.3, -0.25) is 4.79 Å². The van der Waals surface area contributed by atoms with Crippen LogP contribution in [0.1, 0.15) is 44.7 Å². The minimum atomic E-state index is -1.75. The molecule has 0 N–H and O–H groups in total. The fourth-order valence-corrected chi connectivity index (χ4v) is 6.60. The zero-order chi connectivity index (χ0) is 22.4. The third-order valence-electron chi connectivity index (χ3n) is 5.97. The van der Waals surface area contributed by atoms with E-state index in [1.165, 1.54) is 5.56 Å². The predicted molar refractivity (Wildman–Crippen MR) is 132 cm³/mol. The summed E-state index contributed by atoms with van der Waals surface area (Å²) in [7, 11) is -1.75. The van der Waals surface area contributed by atoms with E-state index in [1.807, 2.05) is 42.5 Å². The molecule has 0 aliphatic carbocycles. The van der Waals surface area contributed by atoms with Crippen molar-refractivity contribution in [3.8, 4) is 0 Å². The van der Waals surface area contributed by atoms with Crippen LogP contribution in [-0.2, 0) is 27.0 Å². The van der Waals surface area contributed by atoms with Crippen molar-refractivity contribution in [2.45, 2.75) is 70.9 Å². The molecule has 0 spiro atoms. The van der Waals surface area contributed by atoms with Gasteiger partial charge < -0.3 is 9.16 Å². The van der Waals surface area contributed by atoms with Crippen LogP contribution in [0.3, 0.4) is 0 Å². The van der Waals surface area contributed by atoms with E-state index in [2.05, 4.69) is 45.0 Å². The van der Waals surface area contributed by atoms with Gasteiger partial charge in [0.15, 0.2) is 14.1 Å². The predicted octanol–water partition coefficient (Wildman–Crippen LogP) is 6.74. The van der Waals surface area contributed by atoms with Crippen molar-refractivity contribution in [3.63, 3.8) is 0 Å². The number of carbonyl (C=O) groups excluding carboxylic acids is 1. The Labute approximate surface area is 189 Å². The molecule has 168 valence electrons. The lowest BCUT2D eigenvalue weighted by Crippen LogP contribution is -2.41. The molecule has 4 heteroatoms. The van der Waals surface area contributed by atoms with Crippen LogP contribution in [-0.4, -0.2) is 26.8 Å². The molecule has 3 nitrogen and oxygen atoms in total. The Morgan fingerprint density at radius 1 is 0.903 bits per heavy atom. The van der Waals surface area contributed by atoms with Gasteiger partial charge in [0.2, 0.25) is 0 Å². The zero-order valence-corrected chi connectivity index (χ0v) is 20.4. The summed E-state index contributed by atoms with van der Waals surface area (Å²) in [6.07, 6.45) is 5.72. The van der Waals surface area contributed by atoms with Gasteiger partial charge in [0.05, 0.1) is 19.3 Å². The first kappa shape index (κ1) is 25.2. The highest BCUT2D eigenvalue weighted by molar-refractivity contribution is 6.73. The SMILES string of the molecule is CC[Si](CC)(CC)O[C@@H](C/C=C/C(=O)CCc1ccccc1)COCc1ccccc1. The number of ketones is 1. The van der Waals surface area contributed by atoms with Gasteiger partial charge in [0.1, 0.15) is 0 Å². The van der Waals surface area contributed by atoms with Crippen molar-refractivity contribution >= 4 is 14.1 Å². The molecule has 0 bridgehead atoms. The lowest BCUT2D eigenvalue weighted by molar-refractivity contribution is -0.114. The summed E-state index contributed by atoms with van der Waals surface area (Å²) in [6.45, 7) is 7.85. The van der Waals surface area contributed by atoms with E-state index in [0.717, 1.165) is 30.1 Å². The van der Waals surface area contributed by atoms with Crippen LogP contribution < -0.4 is 0 Å². The Bertz CT molecular complexity index is 761. The largest absolute Gasteiger partial charge is 0.411 e. The number of hydrogen-bond donors (Lipinski definition) is 0. The van der Waals surface area contributed by atoms with E-state index in [-0.39, 0.29) is 11.9 Å². The quantitative estimate of drug-likeness (QED) is 0.228. The summed E-state index contributed by atoms with van der Waals surface area (Å²) >= 11 is 0. The number of rotatable bonds is 15. The van der Waals surface area contributed by atoms with E-state index in [1.54, 1.807) is 6.08 Å². The van der Waals surface area contributed by atoms with Crippen LogP contribution in [0.5, 0.6) is 0 Å². The van der Waals surface area contributed by atoms with Gasteiger partial charge in [-0.1, -0.05) is 87.5 Å². The highest BCUT2D eigenvalue weighted by Gasteiger charge is 2.31. The molecule has 0 aromatic heterocycles. The van der Waals surface area contributed by atoms with Crippen molar-refractivity contribution in [2.75, 3.05) is 6.61 Å². The highest BCUT2D eigenvalue weighted by Crippen LogP contribution is 2.25. The second-order valence-corrected chi connectivity index (χ2v) is 12.8. The average Bonchev–Trinajstić information content (AvgIpc) is 2.82. The van der Waals surface area contributed by atoms with Crippen molar-refractivity contribution < 1.29 is 14.0 Å². The lowest BCUT2D eigenvalue weighted by atomic mass is 10.1. The van der Waals surface area contributed by atoms with E-state index >= 15 is 0 Å². The molecule has 0 unspecified atom stereocenters. The zero-order valence-electron chi connectivity index (χ0n) is 19.4. The van der Waals surface area contributed by atoms with Gasteiger partial charge in [-0.2, -0.15) is 0 Å². The Morgan fingerprint density at radius 2 is 1.48 bits per heavy atom. The van der Waals surface area contributed by atoms with Crippen LogP contribution in [0.25, 0.3) is 0 Å². The number of carbonyl (C=O) groups is 1. The third kappa shape index (κ3) is 9.34. The number of benzene rings is 2. The van der Waals surface area contributed by atoms with Crippen molar-refractivity contribution in [1.82, 2.24) is 0 Å². The Kier molecular flexibility index (Phi) is 11.5. The molecule has 0 radical (unpaired) electrons. The van der Waals surface area contributed by atoms with Crippen LogP contribution in [0.15, 0.2) is 72.8 Å². The first-order chi connectivity index (χ1) is 15.1. The maximum absolute atomic E-state index is 12.3. The van der Waals surface area contributed by atoms with Gasteiger partial charge in [0, 0.05) is 6.42 Å². The number of ether oxygens (including phenoxy) is 1. The van der Waals surface area contributed by atoms with Crippen LogP contribution in [0, 0.1) is 0 Å². The van der Waals surface area contributed by atoms with Crippen molar-refractivity contribution in [1.29, 1.82) is 0 Å². The first-order valence-corrected chi connectivity index (χ1v) is 14.2. The fraction of sp³-hybridized carbons (Fsp3) is 0.444. The van der Waals surface area contributed by atoms with Crippen LogP contribution in [0.2, 0.25) is 18.1 Å². The molecule has 0 aliphatic rings. The van der Waals surface area contributed by atoms with E-state index in [4.69, 9.17) is 9.16 Å². The minimum Gasteiger partial charge on any atom is -0.411 e. The average molecular weight is 439 g/mol. The molecule has 2 aromatic carbocycles. The second kappa shape index (κ2) is 14.1. The maximum Gasteiger partial charge on any atom is 0.192 e. The number of hydrogen-bond acceptors (Lipinski definition) is 3. The monoisotopic (exact) mass is 438 g/mol. The highest BCUT2D eigenvalue weighted by atomic mass is 28.4. The fourth-order valence-electron chi connectivity index (χ4n) is 3.73. The summed E-state index contributed by atoms with van der Waals surface area (Å²) in [5.41, 5.74) is 2.36. The molecule has 2 aromatic rings. The van der Waals surface area contributed by atoms with E-state index < -0.39 is 8.32 Å². The maximum atomic E-state index is 12.3. The normalized spacial score (nSPS) is 12.9. The lowest BCUT2D eigenvalue weighted by Gasteiger charge is -2.33. The second-order valence-electron chi connectivity index (χ2n) is 8.07. The molecule has 1 atom stereocenters. The Hall–Kier alpha value is -2.01. The number of allylic oxidation sites excluding steroid dienone is 1. The van der Waals surface area contributed by atoms with Gasteiger partial charge in [-0.15, -0.1) is 0 Å². The van der Waals surface area contributed by atoms with Gasteiger partial charge in [-0.25, -0.2) is 0 Å². The molecule has 0 heterocycles. The molecule has 0 saturated heterocycles. The third-order valence-corrected chi connectivity index (χ3v) is 10.7. The number of aryl methyl sites for hydroxylation is 1. The molecule has 0 amide bonds. The molecular weight excluding hydrogens is 400 g/mol. The van der Waals surface area contributed by atoms with Crippen molar-refractivity contribution in [3.05, 3.63) is 83.9 Å². The smallest absolute Gasteiger partial charge is 0.192 e. The summed E-state index contributed by atoms with van der Waals surface area (Å²) in [6, 6.07) is 23.7. The van der Waals surface area contributed by atoms with Crippen LogP contribution >= 0.6 is 0 Å². The van der Waals surface area contributed by atoms with Crippen LogP contribution in [0.4, 0.5) is 0 Å². The molecule has 31 heavy (non-hydrogen) atoms. The Morgan fingerprint density at radius 3 is 2.06 bits per heavy atom. The molecule has 2 rings (SSSR count). The Balaban J connectivity index is 1.89. The van der Waals surface area contributed by atoms with Gasteiger partial charge >= 0.3 is 0 Å². The van der Waals surface area contributed by atoms with E-state index in [9.17, 15) is 4.79 Å². The minimum absolute atomic E-state index is 0.00611. The van der Waals surface area contributed by atoms with Gasteiger partial charge in [0.25, 0.3) is 0 Å². The molecular formula is C27H38O3Si. The molecule has 0 aliphatic heterocycles. The summed E-state index contributed by atoms with van der Waals surface area (Å²) in [4.78, 5) is 12.3. The molecule has 0 saturated carbocycles. The summed E-state index contributed by atoms with van der Waals surface area (Å²) in [5, 5.41) is 0. The standard InChI is InChI=1S/C27H38O3Si/c1-4-31(5-2,6-3)30-27(23-29-22-25-16-11-8-12-17-25)19-13-18-26(28)21-20-24-14-9-7-10-15-24/h7-18,27H,4-6,19-23H2,1-3H3/b18-13+/t27-/m0/s1. The first-order valence-electron chi connectivity index (χ1n) is 11.6. The molecule has 0 fully saturated rings. The van der Waals surface area contributed by atoms with Crippen molar-refractivity contribution in [2.24, 2.45) is 0 Å². The summed E-state index contributed by atoms with van der Waals surface area (Å²) < 4.78 is 12.7. The van der Waals surface area contributed by atoms with Gasteiger partial charge in [-0.05, 0) is 48.2 Å².